The van der Waals surface area contributed by atoms with Crippen LogP contribution < -0.4 is 15.0 Å². The fourth-order valence-corrected chi connectivity index (χ4v) is 4.03. The maximum Gasteiger partial charge on any atom is 0.343 e. The van der Waals surface area contributed by atoms with Gasteiger partial charge >= 0.3 is 5.97 Å². The molecule has 0 saturated carbocycles. The zero-order valence-electron chi connectivity index (χ0n) is 18.0. The van der Waals surface area contributed by atoms with E-state index >= 15 is 0 Å². The third-order valence-corrected chi connectivity index (χ3v) is 6.35. The van der Waals surface area contributed by atoms with Crippen molar-refractivity contribution in [3.63, 3.8) is 0 Å². The van der Waals surface area contributed by atoms with Crippen molar-refractivity contribution in [1.82, 2.24) is 0 Å². The number of esters is 1. The lowest BCUT2D eigenvalue weighted by Crippen LogP contribution is -2.32. The number of anilines is 2. The topological polar surface area (TPSA) is 75.7 Å². The molecular weight excluding hydrogens is 499 g/mol. The molecule has 0 atom stereocenters. The van der Waals surface area contributed by atoms with E-state index in [1.165, 1.54) is 6.07 Å². The highest BCUT2D eigenvalue weighted by atomic mass is 35.5. The smallest absolute Gasteiger partial charge is 0.343 e. The molecule has 0 saturated heterocycles. The van der Waals surface area contributed by atoms with Gasteiger partial charge in [-0.2, -0.15) is 0 Å². The third kappa shape index (κ3) is 4.40. The monoisotopic (exact) mass is 514 g/mol. The number of hydrogen-bond donors (Lipinski definition) is 1. The van der Waals surface area contributed by atoms with Crippen LogP contribution in [0, 0.1) is 13.8 Å². The summed E-state index contributed by atoms with van der Waals surface area (Å²) in [5, 5.41) is 2.81. The van der Waals surface area contributed by atoms with E-state index in [2.05, 4.69) is 5.32 Å². The molecule has 0 unspecified atom stereocenters. The van der Waals surface area contributed by atoms with E-state index in [9.17, 15) is 14.4 Å². The summed E-state index contributed by atoms with van der Waals surface area (Å²) in [6.45, 7) is 3.72. The molecular formula is C25H17Cl3N2O4. The van der Waals surface area contributed by atoms with E-state index in [0.29, 0.717) is 17.0 Å². The molecule has 6 nitrogen and oxygen atoms in total. The zero-order chi connectivity index (χ0) is 24.6. The molecule has 4 rings (SSSR count). The number of halogens is 3. The third-order valence-electron chi connectivity index (χ3n) is 5.19. The van der Waals surface area contributed by atoms with Crippen molar-refractivity contribution in [2.45, 2.75) is 13.8 Å². The number of hydrogen-bond acceptors (Lipinski definition) is 5. The molecule has 0 spiro atoms. The second-order valence-electron chi connectivity index (χ2n) is 7.52. The van der Waals surface area contributed by atoms with Crippen LogP contribution in [0.3, 0.4) is 0 Å². The summed E-state index contributed by atoms with van der Waals surface area (Å²) in [6, 6.07) is 16.4. The molecule has 0 radical (unpaired) electrons. The van der Waals surface area contributed by atoms with Crippen LogP contribution in [0.1, 0.15) is 21.5 Å². The Kier molecular flexibility index (Phi) is 6.66. The number of nitrogens with one attached hydrogen (secondary N) is 1. The van der Waals surface area contributed by atoms with Crippen LogP contribution in [0.4, 0.5) is 11.4 Å². The van der Waals surface area contributed by atoms with Crippen LogP contribution in [0.25, 0.3) is 0 Å². The Balaban J connectivity index is 1.52. The van der Waals surface area contributed by atoms with E-state index in [-0.39, 0.29) is 26.5 Å². The van der Waals surface area contributed by atoms with Gasteiger partial charge in [0, 0.05) is 5.69 Å². The first kappa shape index (κ1) is 23.8. The highest BCUT2D eigenvalue weighted by Crippen LogP contribution is 2.37. The summed E-state index contributed by atoms with van der Waals surface area (Å²) in [4.78, 5) is 39.1. The average Bonchev–Trinajstić information content (AvgIpc) is 3.02. The Hall–Kier alpha value is -3.32. The zero-order valence-corrected chi connectivity index (χ0v) is 20.3. The van der Waals surface area contributed by atoms with Gasteiger partial charge in [0.25, 0.3) is 11.8 Å². The Morgan fingerprint density at radius 1 is 0.853 bits per heavy atom. The number of para-hydroxylation sites is 1. The van der Waals surface area contributed by atoms with Gasteiger partial charge in [0.15, 0.2) is 0 Å². The number of ether oxygens (including phenoxy) is 1. The van der Waals surface area contributed by atoms with Crippen LogP contribution >= 0.6 is 34.8 Å². The Morgan fingerprint density at radius 2 is 1.47 bits per heavy atom. The fourth-order valence-electron chi connectivity index (χ4n) is 3.44. The van der Waals surface area contributed by atoms with Crippen LogP contribution in [0.5, 0.6) is 5.75 Å². The van der Waals surface area contributed by atoms with Gasteiger partial charge in [-0.25, -0.2) is 9.69 Å². The molecule has 9 heteroatoms. The van der Waals surface area contributed by atoms with Crippen LogP contribution in [-0.4, -0.2) is 17.8 Å². The van der Waals surface area contributed by atoms with Crippen molar-refractivity contribution in [1.29, 1.82) is 0 Å². The first-order chi connectivity index (χ1) is 16.2. The molecule has 0 bridgehead atoms. The van der Waals surface area contributed by atoms with E-state index in [0.717, 1.165) is 16.0 Å². The lowest BCUT2D eigenvalue weighted by Gasteiger charge is -2.17. The molecule has 0 fully saturated rings. The van der Waals surface area contributed by atoms with Crippen LogP contribution in [-0.2, 0) is 9.59 Å². The minimum absolute atomic E-state index is 0.0586. The first-order valence-electron chi connectivity index (χ1n) is 10.1. The summed E-state index contributed by atoms with van der Waals surface area (Å²) in [6.07, 6.45) is 0. The Morgan fingerprint density at radius 3 is 2.12 bits per heavy atom. The maximum atomic E-state index is 13.0. The van der Waals surface area contributed by atoms with Gasteiger partial charge in [0.05, 0.1) is 21.3 Å². The molecule has 172 valence electrons. The number of rotatable bonds is 5. The molecule has 1 N–H and O–H groups in total. The normalized spacial score (nSPS) is 13.5. The van der Waals surface area contributed by atoms with Crippen molar-refractivity contribution in [3.05, 3.63) is 98.1 Å². The number of carbonyl (C=O) groups is 3. The van der Waals surface area contributed by atoms with E-state index in [1.807, 2.05) is 32.0 Å². The molecule has 2 amide bonds. The van der Waals surface area contributed by atoms with Crippen molar-refractivity contribution in [2.75, 3.05) is 10.2 Å². The maximum absolute atomic E-state index is 13.0. The lowest BCUT2D eigenvalue weighted by atomic mass is 10.1. The highest BCUT2D eigenvalue weighted by molar-refractivity contribution is 6.54. The number of imide groups is 1. The highest BCUT2D eigenvalue weighted by Gasteiger charge is 2.40. The lowest BCUT2D eigenvalue weighted by molar-refractivity contribution is -0.120. The van der Waals surface area contributed by atoms with Gasteiger partial charge in [0.2, 0.25) is 0 Å². The minimum Gasteiger partial charge on any atom is -0.422 e. The molecule has 3 aromatic carbocycles. The number of aryl methyl sites for hydroxylation is 2. The van der Waals surface area contributed by atoms with Gasteiger partial charge in [-0.1, -0.05) is 59.1 Å². The predicted molar refractivity (Wildman–Crippen MR) is 133 cm³/mol. The van der Waals surface area contributed by atoms with E-state index < -0.39 is 17.8 Å². The summed E-state index contributed by atoms with van der Waals surface area (Å²) in [5.74, 6) is -1.42. The van der Waals surface area contributed by atoms with Crippen molar-refractivity contribution in [3.8, 4) is 5.75 Å². The molecule has 3 aromatic rings. The van der Waals surface area contributed by atoms with Crippen molar-refractivity contribution >= 4 is 64.0 Å². The summed E-state index contributed by atoms with van der Waals surface area (Å²) in [5.41, 5.74) is 2.47. The number of nitrogens with zero attached hydrogens (tertiary/aromatic N) is 1. The Bertz CT molecular complexity index is 1350. The van der Waals surface area contributed by atoms with Crippen molar-refractivity contribution < 1.29 is 19.1 Å². The van der Waals surface area contributed by atoms with Crippen LogP contribution in [0.2, 0.25) is 10.0 Å². The van der Waals surface area contributed by atoms with Gasteiger partial charge in [-0.15, -0.1) is 0 Å². The second kappa shape index (κ2) is 9.50. The minimum atomic E-state index is -0.730. The van der Waals surface area contributed by atoms with Gasteiger partial charge < -0.3 is 10.1 Å². The average molecular weight is 516 g/mol. The van der Waals surface area contributed by atoms with Crippen molar-refractivity contribution in [2.24, 2.45) is 0 Å². The summed E-state index contributed by atoms with van der Waals surface area (Å²) in [7, 11) is 0. The van der Waals surface area contributed by atoms with E-state index in [1.54, 1.807) is 36.4 Å². The van der Waals surface area contributed by atoms with Gasteiger partial charge in [0.1, 0.15) is 16.5 Å². The standard InChI is InChI=1S/C25H17Cl3N2O4/c1-13-5-3-6-14(2)22(13)34-25(33)15-9-11-16(12-10-15)29-21-20(28)23(31)30(24(21)32)18-8-4-7-17(26)19(18)27/h3-12,29H,1-2H3. The van der Waals surface area contributed by atoms with Gasteiger partial charge in [-0.05, 0) is 61.4 Å². The van der Waals surface area contributed by atoms with Crippen LogP contribution in [0.15, 0.2) is 71.4 Å². The molecule has 1 aliphatic heterocycles. The second-order valence-corrected chi connectivity index (χ2v) is 8.68. The summed E-state index contributed by atoms with van der Waals surface area (Å²) < 4.78 is 5.55. The Labute approximate surface area is 210 Å². The number of benzene rings is 3. The SMILES string of the molecule is Cc1cccc(C)c1OC(=O)c1ccc(NC2=C(Cl)C(=O)N(c3cccc(Cl)c3Cl)C2=O)cc1. The first-order valence-corrected chi connectivity index (χ1v) is 11.2. The van der Waals surface area contributed by atoms with E-state index in [4.69, 9.17) is 39.5 Å². The van der Waals surface area contributed by atoms with Gasteiger partial charge in [-0.3, -0.25) is 9.59 Å². The quantitative estimate of drug-likeness (QED) is 0.246. The number of carbonyl (C=O) groups excluding carboxylic acids is 3. The molecule has 0 aromatic heterocycles. The summed E-state index contributed by atoms with van der Waals surface area (Å²) >= 11 is 18.4. The molecule has 34 heavy (non-hydrogen) atoms. The molecule has 1 aliphatic rings. The largest absolute Gasteiger partial charge is 0.422 e. The fraction of sp³-hybridized carbons (Fsp3) is 0.0800. The molecule has 0 aliphatic carbocycles. The molecule has 1 heterocycles. The number of amides is 2. The predicted octanol–water partition coefficient (Wildman–Crippen LogP) is 6.27.